The molecule has 0 radical (unpaired) electrons. The van der Waals surface area contributed by atoms with Crippen LogP contribution in [0.4, 0.5) is 0 Å². The van der Waals surface area contributed by atoms with E-state index < -0.39 is 17.9 Å². The van der Waals surface area contributed by atoms with Crippen LogP contribution in [0.15, 0.2) is 42.5 Å². The van der Waals surface area contributed by atoms with Crippen LogP contribution in [0.3, 0.4) is 0 Å². The first kappa shape index (κ1) is 22.9. The Bertz CT molecular complexity index is 838. The van der Waals surface area contributed by atoms with Crippen LogP contribution in [0.5, 0.6) is 23.0 Å². The molecule has 2 aromatic rings. The highest BCUT2D eigenvalue weighted by molar-refractivity contribution is 5.96. The summed E-state index contributed by atoms with van der Waals surface area (Å²) in [7, 11) is 3.07. The molecule has 30 heavy (non-hydrogen) atoms. The minimum atomic E-state index is -0.817. The fraction of sp³-hybridized carbons (Fsp3) is 0.364. The Hall–Kier alpha value is -3.42. The third-order valence-corrected chi connectivity index (χ3v) is 4.22. The molecule has 1 atom stereocenters. The number of hydrazine groups is 1. The quantitative estimate of drug-likeness (QED) is 0.457. The predicted molar refractivity (Wildman–Crippen MR) is 112 cm³/mol. The van der Waals surface area contributed by atoms with Crippen LogP contribution in [0.1, 0.15) is 37.0 Å². The first-order valence-corrected chi connectivity index (χ1v) is 9.70. The third-order valence-electron chi connectivity index (χ3n) is 4.22. The van der Waals surface area contributed by atoms with E-state index in [-0.39, 0.29) is 0 Å². The number of carbonyl (C=O) groups excluding carboxylic acids is 2. The van der Waals surface area contributed by atoms with Crippen molar-refractivity contribution >= 4 is 11.8 Å². The van der Waals surface area contributed by atoms with Crippen molar-refractivity contribution in [1.29, 1.82) is 0 Å². The predicted octanol–water partition coefficient (Wildman–Crippen LogP) is 3.11. The number of hydrogen-bond acceptors (Lipinski definition) is 6. The minimum Gasteiger partial charge on any atom is -0.497 e. The number of unbranched alkanes of at least 4 members (excludes halogenated alkanes) is 1. The molecule has 0 aliphatic rings. The maximum atomic E-state index is 12.4. The van der Waals surface area contributed by atoms with Crippen molar-refractivity contribution in [2.75, 3.05) is 20.8 Å². The zero-order valence-electron chi connectivity index (χ0n) is 17.7. The Morgan fingerprint density at radius 1 is 0.933 bits per heavy atom. The van der Waals surface area contributed by atoms with E-state index in [1.165, 1.54) is 7.11 Å². The van der Waals surface area contributed by atoms with Crippen LogP contribution in [-0.4, -0.2) is 38.7 Å². The second-order valence-corrected chi connectivity index (χ2v) is 6.45. The molecule has 0 saturated heterocycles. The van der Waals surface area contributed by atoms with Crippen LogP contribution in [0.2, 0.25) is 0 Å². The molecule has 2 aromatic carbocycles. The summed E-state index contributed by atoms with van der Waals surface area (Å²) < 4.78 is 21.6. The van der Waals surface area contributed by atoms with Crippen LogP contribution in [0, 0.1) is 0 Å². The van der Waals surface area contributed by atoms with Crippen molar-refractivity contribution in [1.82, 2.24) is 10.9 Å². The molecule has 2 N–H and O–H groups in total. The Kier molecular flexibility index (Phi) is 8.80. The van der Waals surface area contributed by atoms with Gasteiger partial charge in [0.15, 0.2) is 17.6 Å². The molecule has 162 valence electrons. The summed E-state index contributed by atoms with van der Waals surface area (Å²) in [5.74, 6) is 1.22. The van der Waals surface area contributed by atoms with Gasteiger partial charge in [-0.25, -0.2) is 0 Å². The van der Waals surface area contributed by atoms with Gasteiger partial charge < -0.3 is 18.9 Å². The van der Waals surface area contributed by atoms with E-state index in [0.717, 1.165) is 12.8 Å². The summed E-state index contributed by atoms with van der Waals surface area (Å²) in [4.78, 5) is 24.6. The highest BCUT2D eigenvalue weighted by Gasteiger charge is 2.17. The lowest BCUT2D eigenvalue weighted by Gasteiger charge is -2.16. The van der Waals surface area contributed by atoms with Gasteiger partial charge in [0.2, 0.25) is 0 Å². The van der Waals surface area contributed by atoms with E-state index in [1.807, 2.05) is 0 Å². The van der Waals surface area contributed by atoms with E-state index >= 15 is 0 Å². The average molecular weight is 416 g/mol. The molecule has 1 unspecified atom stereocenters. The molecule has 2 amide bonds. The van der Waals surface area contributed by atoms with Crippen molar-refractivity contribution in [3.05, 3.63) is 48.0 Å². The molecular formula is C22H28N2O6. The fourth-order valence-corrected chi connectivity index (χ4v) is 2.46. The summed E-state index contributed by atoms with van der Waals surface area (Å²) in [5.41, 5.74) is 5.05. The van der Waals surface area contributed by atoms with Crippen molar-refractivity contribution in [2.24, 2.45) is 0 Å². The molecule has 0 heterocycles. The summed E-state index contributed by atoms with van der Waals surface area (Å²) in [6.07, 6.45) is 1.12. The van der Waals surface area contributed by atoms with E-state index in [4.69, 9.17) is 18.9 Å². The molecule has 0 fully saturated rings. The second-order valence-electron chi connectivity index (χ2n) is 6.45. The van der Waals surface area contributed by atoms with Crippen LogP contribution in [-0.2, 0) is 4.79 Å². The maximum Gasteiger partial charge on any atom is 0.279 e. The number of hydrogen-bond donors (Lipinski definition) is 2. The van der Waals surface area contributed by atoms with Crippen molar-refractivity contribution in [3.63, 3.8) is 0 Å². The molecule has 0 aromatic heterocycles. The summed E-state index contributed by atoms with van der Waals surface area (Å²) in [6.45, 7) is 4.23. The van der Waals surface area contributed by atoms with E-state index in [1.54, 1.807) is 56.5 Å². The second kappa shape index (κ2) is 11.5. The number of ether oxygens (including phenoxy) is 4. The Morgan fingerprint density at radius 2 is 1.63 bits per heavy atom. The normalized spacial score (nSPS) is 11.2. The smallest absolute Gasteiger partial charge is 0.279 e. The SMILES string of the molecule is CCCCOc1ccc(C(=O)NNC(=O)C(C)Oc2ccc(OC)cc2)cc1OC. The zero-order chi connectivity index (χ0) is 21.9. The molecular weight excluding hydrogens is 388 g/mol. The number of amides is 2. The maximum absolute atomic E-state index is 12.4. The van der Waals surface area contributed by atoms with Crippen LogP contribution in [0.25, 0.3) is 0 Å². The van der Waals surface area contributed by atoms with E-state index in [2.05, 4.69) is 17.8 Å². The van der Waals surface area contributed by atoms with Gasteiger partial charge in [0.25, 0.3) is 11.8 Å². The zero-order valence-corrected chi connectivity index (χ0v) is 17.7. The molecule has 0 spiro atoms. The molecule has 8 nitrogen and oxygen atoms in total. The standard InChI is InChI=1S/C22H28N2O6/c1-5-6-13-29-19-12-7-16(14-20(19)28-4)22(26)24-23-21(25)15(2)30-18-10-8-17(27-3)9-11-18/h7-12,14-15H,5-6,13H2,1-4H3,(H,23,25)(H,24,26). The average Bonchev–Trinajstić information content (AvgIpc) is 2.77. The summed E-state index contributed by atoms with van der Waals surface area (Å²) >= 11 is 0. The topological polar surface area (TPSA) is 95.1 Å². The first-order chi connectivity index (χ1) is 14.5. The van der Waals surface area contributed by atoms with Crippen LogP contribution < -0.4 is 29.8 Å². The van der Waals surface area contributed by atoms with Gasteiger partial charge in [-0.1, -0.05) is 13.3 Å². The van der Waals surface area contributed by atoms with Gasteiger partial charge in [-0.2, -0.15) is 0 Å². The number of benzene rings is 2. The highest BCUT2D eigenvalue weighted by atomic mass is 16.5. The lowest BCUT2D eigenvalue weighted by molar-refractivity contribution is -0.128. The largest absolute Gasteiger partial charge is 0.497 e. The number of methoxy groups -OCH3 is 2. The van der Waals surface area contributed by atoms with Gasteiger partial charge in [-0.15, -0.1) is 0 Å². The molecule has 0 saturated carbocycles. The monoisotopic (exact) mass is 416 g/mol. The molecule has 0 aliphatic carbocycles. The van der Waals surface area contributed by atoms with Crippen molar-refractivity contribution in [2.45, 2.75) is 32.8 Å². The number of nitrogens with one attached hydrogen (secondary N) is 2. The Balaban J connectivity index is 1.89. The molecule has 8 heteroatoms. The van der Waals surface area contributed by atoms with Gasteiger partial charge in [-0.3, -0.25) is 20.4 Å². The Labute approximate surface area is 176 Å². The van der Waals surface area contributed by atoms with Crippen LogP contribution >= 0.6 is 0 Å². The number of carbonyl (C=O) groups is 2. The lowest BCUT2D eigenvalue weighted by atomic mass is 10.2. The molecule has 2 rings (SSSR count). The first-order valence-electron chi connectivity index (χ1n) is 9.70. The number of rotatable bonds is 10. The van der Waals surface area contributed by atoms with Gasteiger partial charge in [0.05, 0.1) is 20.8 Å². The fourth-order valence-electron chi connectivity index (χ4n) is 2.46. The van der Waals surface area contributed by atoms with Gasteiger partial charge in [-0.05, 0) is 55.8 Å². The molecule has 0 bridgehead atoms. The van der Waals surface area contributed by atoms with Gasteiger partial charge in [0, 0.05) is 5.56 Å². The van der Waals surface area contributed by atoms with E-state index in [0.29, 0.717) is 35.2 Å². The van der Waals surface area contributed by atoms with Crippen molar-refractivity contribution < 1.29 is 28.5 Å². The summed E-state index contributed by atoms with van der Waals surface area (Å²) in [6, 6.07) is 11.7. The van der Waals surface area contributed by atoms with Gasteiger partial charge >= 0.3 is 0 Å². The van der Waals surface area contributed by atoms with E-state index in [9.17, 15) is 9.59 Å². The third kappa shape index (κ3) is 6.58. The highest BCUT2D eigenvalue weighted by Crippen LogP contribution is 2.28. The van der Waals surface area contributed by atoms with Gasteiger partial charge in [0.1, 0.15) is 11.5 Å². The minimum absolute atomic E-state index is 0.318. The van der Waals surface area contributed by atoms with Crippen molar-refractivity contribution in [3.8, 4) is 23.0 Å². The molecule has 0 aliphatic heterocycles. The Morgan fingerprint density at radius 3 is 2.27 bits per heavy atom. The summed E-state index contributed by atoms with van der Waals surface area (Å²) in [5, 5.41) is 0. The lowest BCUT2D eigenvalue weighted by Crippen LogP contribution is -2.47.